The van der Waals surface area contributed by atoms with Crippen molar-refractivity contribution in [2.45, 2.75) is 50.4 Å². The van der Waals surface area contributed by atoms with E-state index in [4.69, 9.17) is 11.6 Å². The van der Waals surface area contributed by atoms with E-state index < -0.39 is 11.7 Å². The molecule has 2 aromatic rings. The van der Waals surface area contributed by atoms with Crippen LogP contribution in [0.2, 0.25) is 5.02 Å². The van der Waals surface area contributed by atoms with Crippen molar-refractivity contribution >= 4 is 17.5 Å². The molecule has 1 amide bonds. The Balaban J connectivity index is 1.43. The van der Waals surface area contributed by atoms with Gasteiger partial charge in [0.1, 0.15) is 0 Å². The molecule has 2 saturated heterocycles. The van der Waals surface area contributed by atoms with E-state index in [9.17, 15) is 18.0 Å². The minimum atomic E-state index is -4.32. The molecule has 31 heavy (non-hydrogen) atoms. The number of alkyl halides is 3. The van der Waals surface area contributed by atoms with Gasteiger partial charge in [-0.3, -0.25) is 9.69 Å². The summed E-state index contributed by atoms with van der Waals surface area (Å²) >= 11 is 5.94. The van der Waals surface area contributed by atoms with Crippen LogP contribution in [0.5, 0.6) is 0 Å². The van der Waals surface area contributed by atoms with Gasteiger partial charge in [-0.1, -0.05) is 35.9 Å². The van der Waals surface area contributed by atoms with Crippen LogP contribution in [0.3, 0.4) is 0 Å². The van der Waals surface area contributed by atoms with Gasteiger partial charge in [-0.25, -0.2) is 0 Å². The zero-order valence-electron chi connectivity index (χ0n) is 17.3. The van der Waals surface area contributed by atoms with Gasteiger partial charge >= 0.3 is 6.18 Å². The van der Waals surface area contributed by atoms with Crippen LogP contribution < -0.4 is 0 Å². The zero-order chi connectivity index (χ0) is 22.1. The lowest BCUT2D eigenvalue weighted by Gasteiger charge is -2.46. The summed E-state index contributed by atoms with van der Waals surface area (Å²) in [6, 6.07) is 12.8. The van der Waals surface area contributed by atoms with E-state index in [-0.39, 0.29) is 11.4 Å². The lowest BCUT2D eigenvalue weighted by molar-refractivity contribution is -0.137. The summed E-state index contributed by atoms with van der Waals surface area (Å²) in [6.07, 6.45) is 0.0420. The average Bonchev–Trinajstić information content (AvgIpc) is 3.10. The minimum absolute atomic E-state index is 0.0867. The van der Waals surface area contributed by atoms with Crippen molar-refractivity contribution in [1.82, 2.24) is 9.80 Å². The first kappa shape index (κ1) is 22.2. The van der Waals surface area contributed by atoms with Crippen LogP contribution in [0.25, 0.3) is 0 Å². The van der Waals surface area contributed by atoms with E-state index in [1.165, 1.54) is 0 Å². The standard InChI is InChI=1S/C24H26ClF3N2O/c25-21-9-5-18(6-10-21)15-22(31)29-13-1-11-23(17-29)12-2-14-30(23)16-19-3-7-20(8-4-19)24(26,27)28/h3-10H,1-2,11-17H2. The molecule has 0 aliphatic carbocycles. The van der Waals surface area contributed by atoms with Crippen molar-refractivity contribution in [2.24, 2.45) is 0 Å². The number of amides is 1. The number of carbonyl (C=O) groups is 1. The molecule has 1 spiro atoms. The Bertz CT molecular complexity index is 914. The smallest absolute Gasteiger partial charge is 0.341 e. The first-order chi connectivity index (χ1) is 14.7. The van der Waals surface area contributed by atoms with Crippen LogP contribution in [-0.4, -0.2) is 40.9 Å². The number of carbonyl (C=O) groups excluding carboxylic acids is 1. The monoisotopic (exact) mass is 450 g/mol. The molecule has 2 fully saturated rings. The molecule has 0 bridgehead atoms. The summed E-state index contributed by atoms with van der Waals surface area (Å²) < 4.78 is 38.6. The summed E-state index contributed by atoms with van der Waals surface area (Å²) in [5, 5.41) is 0.651. The maximum atomic E-state index is 13.0. The van der Waals surface area contributed by atoms with Gasteiger partial charge in [-0.15, -0.1) is 0 Å². The Kier molecular flexibility index (Phi) is 6.31. The van der Waals surface area contributed by atoms with Crippen molar-refractivity contribution in [3.8, 4) is 0 Å². The molecule has 0 radical (unpaired) electrons. The quantitative estimate of drug-likeness (QED) is 0.609. The van der Waals surface area contributed by atoms with Gasteiger partial charge < -0.3 is 4.90 Å². The van der Waals surface area contributed by atoms with Crippen molar-refractivity contribution in [3.05, 3.63) is 70.2 Å². The van der Waals surface area contributed by atoms with E-state index in [1.807, 2.05) is 17.0 Å². The Morgan fingerprint density at radius 1 is 0.935 bits per heavy atom. The second-order valence-corrected chi connectivity index (χ2v) is 9.10. The number of benzene rings is 2. The highest BCUT2D eigenvalue weighted by Crippen LogP contribution is 2.38. The molecule has 2 aromatic carbocycles. The van der Waals surface area contributed by atoms with E-state index in [0.29, 0.717) is 24.5 Å². The first-order valence-electron chi connectivity index (χ1n) is 10.7. The highest BCUT2D eigenvalue weighted by Gasteiger charge is 2.44. The third-order valence-corrected chi connectivity index (χ3v) is 6.82. The van der Waals surface area contributed by atoms with Crippen LogP contribution >= 0.6 is 11.6 Å². The summed E-state index contributed by atoms with van der Waals surface area (Å²) in [5.74, 6) is 0.114. The van der Waals surface area contributed by atoms with Crippen molar-refractivity contribution in [1.29, 1.82) is 0 Å². The van der Waals surface area contributed by atoms with E-state index in [2.05, 4.69) is 4.90 Å². The third-order valence-electron chi connectivity index (χ3n) is 6.57. The SMILES string of the molecule is O=C(Cc1ccc(Cl)cc1)N1CCCC2(CCCN2Cc2ccc(C(F)(F)F)cc2)C1. The van der Waals surface area contributed by atoms with E-state index >= 15 is 0 Å². The average molecular weight is 451 g/mol. The lowest BCUT2D eigenvalue weighted by atomic mass is 9.85. The largest absolute Gasteiger partial charge is 0.416 e. The number of hydrogen-bond acceptors (Lipinski definition) is 2. The molecule has 4 rings (SSSR count). The second-order valence-electron chi connectivity index (χ2n) is 8.67. The molecule has 0 N–H and O–H groups in total. The maximum absolute atomic E-state index is 13.0. The van der Waals surface area contributed by atoms with Crippen LogP contribution in [-0.2, 0) is 23.9 Å². The zero-order valence-corrected chi connectivity index (χ0v) is 18.1. The van der Waals surface area contributed by atoms with Crippen molar-refractivity contribution in [3.63, 3.8) is 0 Å². The lowest BCUT2D eigenvalue weighted by Crippen LogP contribution is -2.56. The Morgan fingerprint density at radius 2 is 1.55 bits per heavy atom. The molecule has 0 aromatic heterocycles. The number of halogens is 4. The number of rotatable bonds is 4. The molecule has 2 aliphatic heterocycles. The van der Waals surface area contributed by atoms with Crippen LogP contribution in [0.1, 0.15) is 42.4 Å². The highest BCUT2D eigenvalue weighted by atomic mass is 35.5. The second kappa shape index (κ2) is 8.83. The van der Waals surface area contributed by atoms with Gasteiger partial charge in [0.05, 0.1) is 12.0 Å². The highest BCUT2D eigenvalue weighted by molar-refractivity contribution is 6.30. The third kappa shape index (κ3) is 5.07. The Morgan fingerprint density at radius 3 is 2.19 bits per heavy atom. The minimum Gasteiger partial charge on any atom is -0.341 e. The van der Waals surface area contributed by atoms with Crippen molar-refractivity contribution in [2.75, 3.05) is 19.6 Å². The van der Waals surface area contributed by atoms with Gasteiger partial charge in [-0.05, 0) is 67.6 Å². The molecular weight excluding hydrogens is 425 g/mol. The molecule has 2 heterocycles. The van der Waals surface area contributed by atoms with Crippen molar-refractivity contribution < 1.29 is 18.0 Å². The molecule has 1 atom stereocenters. The normalized spacial score (nSPS) is 22.3. The first-order valence-corrected chi connectivity index (χ1v) is 11.1. The number of hydrogen-bond donors (Lipinski definition) is 0. The molecule has 2 aliphatic rings. The molecule has 3 nitrogen and oxygen atoms in total. The Labute approximate surface area is 185 Å². The molecular formula is C24H26ClF3N2O. The number of piperidine rings is 1. The molecule has 166 valence electrons. The van der Waals surface area contributed by atoms with E-state index in [0.717, 1.165) is 62.0 Å². The van der Waals surface area contributed by atoms with Gasteiger partial charge in [-0.2, -0.15) is 13.2 Å². The predicted octanol–water partition coefficient (Wildman–Crippen LogP) is 5.56. The summed E-state index contributed by atoms with van der Waals surface area (Å²) in [5.41, 5.74) is 1.11. The van der Waals surface area contributed by atoms with Gasteiger partial charge in [0.25, 0.3) is 0 Å². The fraction of sp³-hybridized carbons (Fsp3) is 0.458. The Hall–Kier alpha value is -2.05. The molecule has 1 unspecified atom stereocenters. The van der Waals surface area contributed by atoms with Crippen LogP contribution in [0, 0.1) is 0 Å². The number of likely N-dealkylation sites (tertiary alicyclic amines) is 2. The topological polar surface area (TPSA) is 23.6 Å². The summed E-state index contributed by atoms with van der Waals surface area (Å²) in [6.45, 7) is 2.94. The van der Waals surface area contributed by atoms with Gasteiger partial charge in [0.15, 0.2) is 0 Å². The van der Waals surface area contributed by atoms with Gasteiger partial charge in [0.2, 0.25) is 5.91 Å². The van der Waals surface area contributed by atoms with Crippen LogP contribution in [0.4, 0.5) is 13.2 Å². The molecule has 7 heteroatoms. The maximum Gasteiger partial charge on any atom is 0.416 e. The van der Waals surface area contributed by atoms with Gasteiger partial charge in [0, 0.05) is 30.2 Å². The molecule has 0 saturated carbocycles. The summed E-state index contributed by atoms with van der Waals surface area (Å²) in [4.78, 5) is 17.3. The fourth-order valence-corrected chi connectivity index (χ4v) is 5.06. The predicted molar refractivity (Wildman–Crippen MR) is 115 cm³/mol. The van der Waals surface area contributed by atoms with E-state index in [1.54, 1.807) is 24.3 Å². The summed E-state index contributed by atoms with van der Waals surface area (Å²) in [7, 11) is 0. The number of nitrogens with zero attached hydrogens (tertiary/aromatic N) is 2. The van der Waals surface area contributed by atoms with Crippen LogP contribution in [0.15, 0.2) is 48.5 Å². The fourth-order valence-electron chi connectivity index (χ4n) is 4.94.